The van der Waals surface area contributed by atoms with Crippen LogP contribution in [0, 0.1) is 0 Å². The molecule has 0 aliphatic heterocycles. The third-order valence-corrected chi connectivity index (χ3v) is 4.27. The van der Waals surface area contributed by atoms with E-state index in [9.17, 15) is 0 Å². The number of nitrogens with two attached hydrogens (primary N) is 1. The third kappa shape index (κ3) is 4.46. The molecule has 0 atom stereocenters. The molecule has 2 N–H and O–H groups in total. The Labute approximate surface area is 127 Å². The molecule has 1 aliphatic rings. The quantitative estimate of drug-likeness (QED) is 0.818. The van der Waals surface area contributed by atoms with Crippen LogP contribution in [0.2, 0.25) is 0 Å². The van der Waals surface area contributed by atoms with E-state index in [0.717, 1.165) is 23.9 Å². The van der Waals surface area contributed by atoms with Crippen LogP contribution in [0.4, 0.5) is 0 Å². The molecule has 20 heavy (non-hydrogen) atoms. The van der Waals surface area contributed by atoms with Gasteiger partial charge in [0.1, 0.15) is 17.3 Å². The van der Waals surface area contributed by atoms with Gasteiger partial charge in [0.15, 0.2) is 0 Å². The Balaban J connectivity index is 1.77. The number of hydrogen-bond donors (Lipinski definition) is 1. The van der Waals surface area contributed by atoms with Gasteiger partial charge in [-0.15, -0.1) is 0 Å². The number of hydrogen-bond acceptors (Lipinski definition) is 3. The van der Waals surface area contributed by atoms with E-state index in [4.69, 9.17) is 22.7 Å². The van der Waals surface area contributed by atoms with Gasteiger partial charge in [0, 0.05) is 18.2 Å². The summed E-state index contributed by atoms with van der Waals surface area (Å²) >= 11 is 4.98. The lowest BCUT2D eigenvalue weighted by molar-refractivity contribution is 0.160. The van der Waals surface area contributed by atoms with Crippen LogP contribution < -0.4 is 10.5 Å². The molecule has 2 rings (SSSR count). The Kier molecular flexibility index (Phi) is 5.80. The maximum Gasteiger partial charge on any atom is 0.120 e. The van der Waals surface area contributed by atoms with Crippen molar-refractivity contribution in [2.45, 2.75) is 38.1 Å². The molecule has 1 aliphatic carbocycles. The van der Waals surface area contributed by atoms with Crippen molar-refractivity contribution in [2.75, 3.05) is 20.2 Å². The first-order chi connectivity index (χ1) is 9.66. The first-order valence-corrected chi connectivity index (χ1v) is 7.80. The zero-order valence-corrected chi connectivity index (χ0v) is 13.0. The molecule has 0 bridgehead atoms. The third-order valence-electron chi connectivity index (χ3n) is 4.03. The van der Waals surface area contributed by atoms with Gasteiger partial charge in [-0.1, -0.05) is 43.6 Å². The highest BCUT2D eigenvalue weighted by Crippen LogP contribution is 2.21. The van der Waals surface area contributed by atoms with Crippen LogP contribution in [0.3, 0.4) is 0 Å². The van der Waals surface area contributed by atoms with Gasteiger partial charge in [-0.2, -0.15) is 0 Å². The molecule has 4 heteroatoms. The highest BCUT2D eigenvalue weighted by atomic mass is 32.1. The summed E-state index contributed by atoms with van der Waals surface area (Å²) < 4.78 is 5.80. The predicted molar refractivity (Wildman–Crippen MR) is 87.3 cm³/mol. The molecular weight excluding hydrogens is 268 g/mol. The summed E-state index contributed by atoms with van der Waals surface area (Å²) in [6.07, 6.45) is 6.78. The first-order valence-electron chi connectivity index (χ1n) is 7.40. The molecule has 0 amide bonds. The molecule has 110 valence electrons. The molecule has 0 aromatic heterocycles. The van der Waals surface area contributed by atoms with Crippen LogP contribution in [0.25, 0.3) is 0 Å². The number of benzene rings is 1. The van der Waals surface area contributed by atoms with E-state index in [1.54, 1.807) is 0 Å². The molecule has 0 saturated heterocycles. The second-order valence-corrected chi connectivity index (χ2v) is 5.95. The number of thiocarbonyl (C=S) groups is 1. The fourth-order valence-electron chi connectivity index (χ4n) is 2.75. The van der Waals surface area contributed by atoms with Crippen LogP contribution in [0.1, 0.15) is 37.7 Å². The van der Waals surface area contributed by atoms with Crippen molar-refractivity contribution in [3.8, 4) is 5.75 Å². The summed E-state index contributed by atoms with van der Waals surface area (Å²) in [5.41, 5.74) is 6.48. The Morgan fingerprint density at radius 1 is 1.35 bits per heavy atom. The van der Waals surface area contributed by atoms with Gasteiger partial charge in [0.2, 0.25) is 0 Å². The molecule has 1 saturated carbocycles. The van der Waals surface area contributed by atoms with Crippen molar-refractivity contribution >= 4 is 17.2 Å². The average Bonchev–Trinajstić information content (AvgIpc) is 2.48. The van der Waals surface area contributed by atoms with E-state index in [2.05, 4.69) is 11.9 Å². The smallest absolute Gasteiger partial charge is 0.120 e. The van der Waals surface area contributed by atoms with Gasteiger partial charge in [-0.25, -0.2) is 0 Å². The zero-order valence-electron chi connectivity index (χ0n) is 12.2. The maximum absolute atomic E-state index is 5.80. The normalized spacial score (nSPS) is 16.3. The Bertz CT molecular complexity index is 444. The Hall–Kier alpha value is -1.13. The fourth-order valence-corrected chi connectivity index (χ4v) is 2.88. The van der Waals surface area contributed by atoms with Gasteiger partial charge >= 0.3 is 0 Å². The van der Waals surface area contributed by atoms with Crippen LogP contribution in [-0.4, -0.2) is 36.1 Å². The van der Waals surface area contributed by atoms with Gasteiger partial charge in [-0.05, 0) is 32.0 Å². The predicted octanol–water partition coefficient (Wildman–Crippen LogP) is 2.96. The summed E-state index contributed by atoms with van der Waals surface area (Å²) in [4.78, 5) is 2.84. The number of nitrogens with zero attached hydrogens (tertiary/aromatic N) is 1. The van der Waals surface area contributed by atoms with Crippen LogP contribution in [0.15, 0.2) is 24.3 Å². The largest absolute Gasteiger partial charge is 0.492 e. The van der Waals surface area contributed by atoms with E-state index >= 15 is 0 Å². The molecule has 1 aromatic rings. The zero-order chi connectivity index (χ0) is 14.4. The molecule has 0 radical (unpaired) electrons. The topological polar surface area (TPSA) is 38.5 Å². The van der Waals surface area contributed by atoms with Gasteiger partial charge < -0.3 is 15.4 Å². The molecule has 0 spiro atoms. The SMILES string of the molecule is CN(CCOc1cccc(C(N)=S)c1)C1CCCCC1. The van der Waals surface area contributed by atoms with Gasteiger partial charge in [-0.3, -0.25) is 0 Å². The molecule has 0 heterocycles. The van der Waals surface area contributed by atoms with E-state index in [1.165, 1.54) is 32.1 Å². The maximum atomic E-state index is 5.80. The molecule has 3 nitrogen and oxygen atoms in total. The molecule has 1 aromatic carbocycles. The van der Waals surface area contributed by atoms with Crippen molar-refractivity contribution in [3.05, 3.63) is 29.8 Å². The standard InChI is InChI=1S/C16H24N2OS/c1-18(14-7-3-2-4-8-14)10-11-19-15-9-5-6-13(12-15)16(17)20/h5-6,9,12,14H,2-4,7-8,10-11H2,1H3,(H2,17,20). The summed E-state index contributed by atoms with van der Waals surface area (Å²) in [5, 5.41) is 0. The van der Waals surface area contributed by atoms with E-state index in [1.807, 2.05) is 24.3 Å². The highest BCUT2D eigenvalue weighted by Gasteiger charge is 2.17. The molecular formula is C16H24N2OS. The lowest BCUT2D eigenvalue weighted by Crippen LogP contribution is -2.36. The monoisotopic (exact) mass is 292 g/mol. The minimum absolute atomic E-state index is 0.412. The van der Waals surface area contributed by atoms with Gasteiger partial charge in [0.25, 0.3) is 0 Å². The second-order valence-electron chi connectivity index (χ2n) is 5.51. The molecule has 0 unspecified atom stereocenters. The van der Waals surface area contributed by atoms with E-state index in [0.29, 0.717) is 11.6 Å². The van der Waals surface area contributed by atoms with Crippen LogP contribution in [0.5, 0.6) is 5.75 Å². The van der Waals surface area contributed by atoms with Crippen molar-refractivity contribution in [1.29, 1.82) is 0 Å². The Morgan fingerprint density at radius 3 is 2.80 bits per heavy atom. The summed E-state index contributed by atoms with van der Waals surface area (Å²) in [5.74, 6) is 0.840. The van der Waals surface area contributed by atoms with Crippen molar-refractivity contribution < 1.29 is 4.74 Å². The Morgan fingerprint density at radius 2 is 2.10 bits per heavy atom. The van der Waals surface area contributed by atoms with Crippen molar-refractivity contribution in [1.82, 2.24) is 4.90 Å². The summed E-state index contributed by atoms with van der Waals surface area (Å²) in [6.45, 7) is 1.66. The van der Waals surface area contributed by atoms with Crippen LogP contribution in [-0.2, 0) is 0 Å². The molecule has 1 fully saturated rings. The fraction of sp³-hybridized carbons (Fsp3) is 0.562. The summed E-state index contributed by atoms with van der Waals surface area (Å²) in [6, 6.07) is 8.42. The van der Waals surface area contributed by atoms with E-state index in [-0.39, 0.29) is 0 Å². The first kappa shape index (κ1) is 15.3. The number of rotatable bonds is 6. The average molecular weight is 292 g/mol. The number of ether oxygens (including phenoxy) is 1. The van der Waals surface area contributed by atoms with Crippen molar-refractivity contribution in [3.63, 3.8) is 0 Å². The lowest BCUT2D eigenvalue weighted by Gasteiger charge is -2.31. The lowest BCUT2D eigenvalue weighted by atomic mass is 9.94. The second kappa shape index (κ2) is 7.60. The van der Waals surface area contributed by atoms with E-state index < -0.39 is 0 Å². The van der Waals surface area contributed by atoms with Gasteiger partial charge in [0.05, 0.1) is 0 Å². The minimum atomic E-state index is 0.412. The van der Waals surface area contributed by atoms with Crippen molar-refractivity contribution in [2.24, 2.45) is 5.73 Å². The van der Waals surface area contributed by atoms with Crippen LogP contribution >= 0.6 is 12.2 Å². The summed E-state index contributed by atoms with van der Waals surface area (Å²) in [7, 11) is 2.20. The minimum Gasteiger partial charge on any atom is -0.492 e. The number of likely N-dealkylation sites (N-methyl/N-ethyl adjacent to an activating group) is 1. The highest BCUT2D eigenvalue weighted by molar-refractivity contribution is 7.80.